The second kappa shape index (κ2) is 6.21. The zero-order chi connectivity index (χ0) is 14.7. The highest BCUT2D eigenvalue weighted by Gasteiger charge is 2.37. The first-order chi connectivity index (χ1) is 10.2. The lowest BCUT2D eigenvalue weighted by Gasteiger charge is -2.42. The molecule has 3 rings (SSSR count). The molecule has 1 saturated heterocycles. The molecule has 0 aromatic heterocycles. The predicted molar refractivity (Wildman–Crippen MR) is 89.9 cm³/mol. The van der Waals surface area contributed by atoms with Gasteiger partial charge in [0.1, 0.15) is 0 Å². The maximum atomic E-state index is 6.20. The highest BCUT2D eigenvalue weighted by atomic mass is 35.5. The molecule has 110 valence electrons. The zero-order valence-electron chi connectivity index (χ0n) is 12.5. The first kappa shape index (κ1) is 14.6. The summed E-state index contributed by atoms with van der Waals surface area (Å²) < 4.78 is 0. The minimum absolute atomic E-state index is 0.275. The number of piperidine rings is 1. The average Bonchev–Trinajstić information content (AvgIpc) is 2.48. The molecule has 1 heterocycles. The van der Waals surface area contributed by atoms with Crippen molar-refractivity contribution in [1.29, 1.82) is 0 Å². The largest absolute Gasteiger partial charge is 0.316 e. The van der Waals surface area contributed by atoms with Gasteiger partial charge in [-0.15, -0.1) is 0 Å². The van der Waals surface area contributed by atoms with E-state index in [2.05, 4.69) is 60.8 Å². The van der Waals surface area contributed by atoms with Crippen LogP contribution in [0.4, 0.5) is 0 Å². The molecule has 2 aromatic carbocycles. The molecule has 1 nitrogen and oxygen atoms in total. The van der Waals surface area contributed by atoms with Gasteiger partial charge < -0.3 is 5.32 Å². The summed E-state index contributed by atoms with van der Waals surface area (Å²) in [5.41, 5.74) is 3.05. The van der Waals surface area contributed by atoms with E-state index in [0.29, 0.717) is 5.92 Å². The molecular formula is C19H22ClN. The molecule has 0 spiro atoms. The molecule has 0 aliphatic carbocycles. The SMILES string of the molecule is CC1(Cc2ccccc2)CCNCC1c1cccc(Cl)c1. The van der Waals surface area contributed by atoms with Crippen molar-refractivity contribution in [3.05, 3.63) is 70.7 Å². The third kappa shape index (κ3) is 3.30. The van der Waals surface area contributed by atoms with Crippen LogP contribution in [0.25, 0.3) is 0 Å². The molecular weight excluding hydrogens is 278 g/mol. The summed E-state index contributed by atoms with van der Waals surface area (Å²) in [5.74, 6) is 0.505. The normalized spacial score (nSPS) is 25.7. The van der Waals surface area contributed by atoms with Gasteiger partial charge in [0.05, 0.1) is 0 Å². The first-order valence-electron chi connectivity index (χ1n) is 7.67. The van der Waals surface area contributed by atoms with E-state index in [-0.39, 0.29) is 5.41 Å². The number of nitrogens with one attached hydrogen (secondary N) is 1. The number of benzene rings is 2. The van der Waals surface area contributed by atoms with Gasteiger partial charge in [0.2, 0.25) is 0 Å². The Kier molecular flexibility index (Phi) is 4.32. The maximum absolute atomic E-state index is 6.20. The minimum Gasteiger partial charge on any atom is -0.316 e. The summed E-state index contributed by atoms with van der Waals surface area (Å²) in [4.78, 5) is 0. The fourth-order valence-electron chi connectivity index (χ4n) is 3.56. The fraction of sp³-hybridized carbons (Fsp3) is 0.368. The first-order valence-corrected chi connectivity index (χ1v) is 8.05. The van der Waals surface area contributed by atoms with Crippen molar-refractivity contribution in [2.75, 3.05) is 13.1 Å². The Morgan fingerprint density at radius 3 is 2.71 bits per heavy atom. The van der Waals surface area contributed by atoms with Crippen molar-refractivity contribution in [2.24, 2.45) is 5.41 Å². The minimum atomic E-state index is 0.275. The molecule has 1 N–H and O–H groups in total. The molecule has 0 bridgehead atoms. The average molecular weight is 300 g/mol. The summed E-state index contributed by atoms with van der Waals surface area (Å²) in [5, 5.41) is 4.38. The number of halogens is 1. The number of hydrogen-bond donors (Lipinski definition) is 1. The van der Waals surface area contributed by atoms with Crippen LogP contribution in [0.1, 0.15) is 30.4 Å². The molecule has 1 fully saturated rings. The van der Waals surface area contributed by atoms with Crippen molar-refractivity contribution in [2.45, 2.75) is 25.7 Å². The van der Waals surface area contributed by atoms with Crippen molar-refractivity contribution in [3.8, 4) is 0 Å². The summed E-state index contributed by atoms with van der Waals surface area (Å²) in [7, 11) is 0. The smallest absolute Gasteiger partial charge is 0.0408 e. The summed E-state index contributed by atoms with van der Waals surface area (Å²) in [6, 6.07) is 19.2. The molecule has 1 aliphatic heterocycles. The van der Waals surface area contributed by atoms with Crippen molar-refractivity contribution < 1.29 is 0 Å². The molecule has 2 aromatic rings. The Bertz CT molecular complexity index is 596. The van der Waals surface area contributed by atoms with E-state index in [9.17, 15) is 0 Å². The van der Waals surface area contributed by atoms with Gasteiger partial charge in [-0.05, 0) is 48.1 Å². The van der Waals surface area contributed by atoms with Crippen molar-refractivity contribution in [3.63, 3.8) is 0 Å². The monoisotopic (exact) mass is 299 g/mol. The van der Waals surface area contributed by atoms with Crippen LogP contribution in [-0.2, 0) is 6.42 Å². The van der Waals surface area contributed by atoms with E-state index >= 15 is 0 Å². The Hall–Kier alpha value is -1.31. The standard InChI is InChI=1S/C19H22ClN/c1-19(13-15-6-3-2-4-7-15)10-11-21-14-18(19)16-8-5-9-17(20)12-16/h2-9,12,18,21H,10-11,13-14H2,1H3. The Morgan fingerprint density at radius 1 is 1.14 bits per heavy atom. The third-order valence-corrected chi connectivity index (χ3v) is 5.00. The van der Waals surface area contributed by atoms with Crippen molar-refractivity contribution in [1.82, 2.24) is 5.32 Å². The van der Waals surface area contributed by atoms with E-state index in [0.717, 1.165) is 24.5 Å². The molecule has 1 aliphatic rings. The van der Waals surface area contributed by atoms with Gasteiger partial charge in [0.15, 0.2) is 0 Å². The molecule has 21 heavy (non-hydrogen) atoms. The predicted octanol–water partition coefficient (Wildman–Crippen LogP) is 4.67. The van der Waals surface area contributed by atoms with E-state index in [1.165, 1.54) is 17.5 Å². The van der Waals surface area contributed by atoms with Crippen LogP contribution in [0.15, 0.2) is 54.6 Å². The van der Waals surface area contributed by atoms with Crippen molar-refractivity contribution >= 4 is 11.6 Å². The lowest BCUT2D eigenvalue weighted by atomic mass is 9.66. The molecule has 0 amide bonds. The molecule has 0 radical (unpaired) electrons. The molecule has 2 atom stereocenters. The second-order valence-corrected chi connectivity index (χ2v) is 6.81. The van der Waals surface area contributed by atoms with E-state index in [1.54, 1.807) is 0 Å². The summed E-state index contributed by atoms with van der Waals surface area (Å²) in [6.45, 7) is 4.55. The second-order valence-electron chi connectivity index (χ2n) is 6.38. The van der Waals surface area contributed by atoms with E-state index in [4.69, 9.17) is 11.6 Å². The summed E-state index contributed by atoms with van der Waals surface area (Å²) in [6.07, 6.45) is 2.31. The van der Waals surface area contributed by atoms with Crippen LogP contribution in [0, 0.1) is 5.41 Å². The Balaban J connectivity index is 1.90. The Labute approximate surface area is 132 Å². The topological polar surface area (TPSA) is 12.0 Å². The molecule has 0 saturated carbocycles. The van der Waals surface area contributed by atoms with Gasteiger partial charge in [0, 0.05) is 17.5 Å². The highest BCUT2D eigenvalue weighted by molar-refractivity contribution is 6.30. The van der Waals surface area contributed by atoms with Gasteiger partial charge >= 0.3 is 0 Å². The lowest BCUT2D eigenvalue weighted by molar-refractivity contribution is 0.187. The lowest BCUT2D eigenvalue weighted by Crippen LogP contribution is -2.43. The van der Waals surface area contributed by atoms with Crippen LogP contribution in [0.5, 0.6) is 0 Å². The van der Waals surface area contributed by atoms with Crippen LogP contribution in [-0.4, -0.2) is 13.1 Å². The summed E-state index contributed by atoms with van der Waals surface area (Å²) >= 11 is 6.20. The van der Waals surface area contributed by atoms with Crippen LogP contribution >= 0.6 is 11.6 Å². The van der Waals surface area contributed by atoms with Crippen LogP contribution in [0.2, 0.25) is 5.02 Å². The van der Waals surface area contributed by atoms with E-state index < -0.39 is 0 Å². The maximum Gasteiger partial charge on any atom is 0.0408 e. The fourth-order valence-corrected chi connectivity index (χ4v) is 3.76. The quantitative estimate of drug-likeness (QED) is 0.869. The Morgan fingerprint density at radius 2 is 1.95 bits per heavy atom. The van der Waals surface area contributed by atoms with Crippen LogP contribution < -0.4 is 5.32 Å². The molecule has 2 heteroatoms. The van der Waals surface area contributed by atoms with Gasteiger partial charge in [-0.1, -0.05) is 61.0 Å². The van der Waals surface area contributed by atoms with Gasteiger partial charge in [-0.2, -0.15) is 0 Å². The van der Waals surface area contributed by atoms with Gasteiger partial charge in [0.25, 0.3) is 0 Å². The van der Waals surface area contributed by atoms with E-state index in [1.807, 2.05) is 6.07 Å². The van der Waals surface area contributed by atoms with Gasteiger partial charge in [-0.25, -0.2) is 0 Å². The third-order valence-electron chi connectivity index (χ3n) is 4.76. The van der Waals surface area contributed by atoms with Crippen LogP contribution in [0.3, 0.4) is 0 Å². The zero-order valence-corrected chi connectivity index (χ0v) is 13.2. The molecule has 2 unspecified atom stereocenters. The number of hydrogen-bond acceptors (Lipinski definition) is 1. The highest BCUT2D eigenvalue weighted by Crippen LogP contribution is 2.43. The number of rotatable bonds is 3. The van der Waals surface area contributed by atoms with Gasteiger partial charge in [-0.3, -0.25) is 0 Å².